The van der Waals surface area contributed by atoms with E-state index in [1.165, 1.54) is 63.4 Å². The molecule has 1 nitrogen and oxygen atoms in total. The van der Waals surface area contributed by atoms with Crippen LogP contribution in [0.3, 0.4) is 0 Å². The Hall–Kier alpha value is -1.15. The van der Waals surface area contributed by atoms with Crippen LogP contribution in [0.15, 0.2) is 43.0 Å². The van der Waals surface area contributed by atoms with E-state index in [1.807, 2.05) is 12.1 Å². The molecule has 2 heteroatoms. The van der Waals surface area contributed by atoms with E-state index in [4.69, 9.17) is 17.0 Å². The highest BCUT2D eigenvalue weighted by Gasteiger charge is 2.21. The SMILES string of the molecule is C=CC(c1ccccc1)C(C)C(=S)OCCCCCCCCCCCC. The molecule has 0 aromatic heterocycles. The maximum Gasteiger partial charge on any atom is 0.163 e. The van der Waals surface area contributed by atoms with E-state index in [-0.39, 0.29) is 11.8 Å². The summed E-state index contributed by atoms with van der Waals surface area (Å²) in [4.78, 5) is 0. The monoisotopic (exact) mass is 374 g/mol. The molecule has 0 saturated carbocycles. The number of rotatable bonds is 15. The summed E-state index contributed by atoms with van der Waals surface area (Å²) in [7, 11) is 0. The molecular weight excluding hydrogens is 336 g/mol. The normalized spacial score (nSPS) is 13.2. The lowest BCUT2D eigenvalue weighted by Gasteiger charge is -2.22. The number of allylic oxidation sites excluding steroid dienone is 1. The van der Waals surface area contributed by atoms with Gasteiger partial charge in [0.15, 0.2) is 5.05 Å². The number of thiocarbonyl (C=S) groups is 1. The second kappa shape index (κ2) is 15.0. The molecule has 0 spiro atoms. The minimum absolute atomic E-state index is 0.174. The topological polar surface area (TPSA) is 9.23 Å². The number of hydrogen-bond acceptors (Lipinski definition) is 2. The number of benzene rings is 1. The van der Waals surface area contributed by atoms with Crippen LogP contribution < -0.4 is 0 Å². The van der Waals surface area contributed by atoms with Crippen molar-refractivity contribution in [1.82, 2.24) is 0 Å². The first-order chi connectivity index (χ1) is 12.7. The molecule has 1 aromatic carbocycles. The fourth-order valence-corrected chi connectivity index (χ4v) is 3.57. The molecule has 2 unspecified atom stereocenters. The van der Waals surface area contributed by atoms with Crippen LogP contribution in [0.2, 0.25) is 0 Å². The molecule has 0 N–H and O–H groups in total. The van der Waals surface area contributed by atoms with Gasteiger partial charge in [-0.25, -0.2) is 0 Å². The van der Waals surface area contributed by atoms with Gasteiger partial charge in [-0.3, -0.25) is 0 Å². The molecule has 146 valence electrons. The van der Waals surface area contributed by atoms with Crippen LogP contribution in [0.25, 0.3) is 0 Å². The Balaban J connectivity index is 2.11. The van der Waals surface area contributed by atoms with Gasteiger partial charge in [0.05, 0.1) is 6.61 Å². The highest BCUT2D eigenvalue weighted by Crippen LogP contribution is 2.27. The van der Waals surface area contributed by atoms with E-state index in [1.54, 1.807) is 0 Å². The predicted molar refractivity (Wildman–Crippen MR) is 119 cm³/mol. The van der Waals surface area contributed by atoms with Gasteiger partial charge in [0.25, 0.3) is 0 Å². The zero-order chi connectivity index (χ0) is 19.0. The van der Waals surface area contributed by atoms with Crippen molar-refractivity contribution in [3.63, 3.8) is 0 Å². The third kappa shape index (κ3) is 9.52. The van der Waals surface area contributed by atoms with Gasteiger partial charge in [0.1, 0.15) is 0 Å². The fraction of sp³-hybridized carbons (Fsp3) is 0.625. The van der Waals surface area contributed by atoms with Crippen molar-refractivity contribution in [2.75, 3.05) is 6.61 Å². The number of unbranched alkanes of at least 4 members (excludes halogenated alkanes) is 9. The van der Waals surface area contributed by atoms with Crippen LogP contribution in [-0.2, 0) is 4.74 Å². The van der Waals surface area contributed by atoms with Gasteiger partial charge in [-0.15, -0.1) is 6.58 Å². The summed E-state index contributed by atoms with van der Waals surface area (Å²) in [5.41, 5.74) is 1.25. The highest BCUT2D eigenvalue weighted by atomic mass is 32.1. The molecule has 0 radical (unpaired) electrons. The standard InChI is InChI=1S/C24H38OS/c1-4-6-7-8-9-10-11-12-13-17-20-25-24(26)21(3)23(5-2)22-18-15-14-16-19-22/h5,14-16,18-19,21,23H,2,4,6-13,17,20H2,1,3H3. The van der Waals surface area contributed by atoms with Gasteiger partial charge < -0.3 is 4.74 Å². The first-order valence-electron chi connectivity index (χ1n) is 10.5. The fourth-order valence-electron chi connectivity index (χ4n) is 3.34. The molecule has 0 saturated heterocycles. The van der Waals surface area contributed by atoms with Crippen molar-refractivity contribution in [2.24, 2.45) is 5.92 Å². The minimum Gasteiger partial charge on any atom is -0.487 e. The lowest BCUT2D eigenvalue weighted by Crippen LogP contribution is -2.19. The average molecular weight is 375 g/mol. The predicted octanol–water partition coefficient (Wildman–Crippen LogP) is 7.86. The summed E-state index contributed by atoms with van der Waals surface area (Å²) in [5, 5.41) is 0.717. The van der Waals surface area contributed by atoms with E-state index in [2.05, 4.69) is 44.7 Å². The van der Waals surface area contributed by atoms with E-state index < -0.39 is 0 Å². The quantitative estimate of drug-likeness (QED) is 0.175. The molecule has 2 atom stereocenters. The van der Waals surface area contributed by atoms with Gasteiger partial charge in [-0.1, -0.05) is 108 Å². The summed E-state index contributed by atoms with van der Waals surface area (Å²) in [5.74, 6) is 0.393. The Bertz CT molecular complexity index is 482. The highest BCUT2D eigenvalue weighted by molar-refractivity contribution is 7.80. The smallest absolute Gasteiger partial charge is 0.163 e. The van der Waals surface area contributed by atoms with Crippen LogP contribution in [0.4, 0.5) is 0 Å². The molecule has 1 aromatic rings. The molecule has 0 bridgehead atoms. The number of ether oxygens (including phenoxy) is 1. The molecule has 0 aliphatic heterocycles. The third-order valence-electron chi connectivity index (χ3n) is 5.09. The minimum atomic E-state index is 0.174. The van der Waals surface area contributed by atoms with Crippen molar-refractivity contribution >= 4 is 17.3 Å². The zero-order valence-corrected chi connectivity index (χ0v) is 17.7. The van der Waals surface area contributed by atoms with E-state index >= 15 is 0 Å². The first-order valence-corrected chi connectivity index (χ1v) is 11.0. The maximum absolute atomic E-state index is 5.86. The molecule has 0 fully saturated rings. The molecule has 0 aliphatic carbocycles. The average Bonchev–Trinajstić information content (AvgIpc) is 2.67. The summed E-state index contributed by atoms with van der Waals surface area (Å²) >= 11 is 5.52. The van der Waals surface area contributed by atoms with Crippen molar-refractivity contribution in [3.8, 4) is 0 Å². The molecule has 26 heavy (non-hydrogen) atoms. The molecule has 0 heterocycles. The molecule has 0 aliphatic rings. The Morgan fingerprint density at radius 3 is 2.04 bits per heavy atom. The summed E-state index contributed by atoms with van der Waals surface area (Å²) in [6.07, 6.45) is 15.4. The zero-order valence-electron chi connectivity index (χ0n) is 16.9. The second-order valence-electron chi connectivity index (χ2n) is 7.31. The summed E-state index contributed by atoms with van der Waals surface area (Å²) in [6.45, 7) is 9.15. The van der Waals surface area contributed by atoms with Crippen LogP contribution in [0.5, 0.6) is 0 Å². The van der Waals surface area contributed by atoms with E-state index in [0.717, 1.165) is 18.1 Å². The van der Waals surface area contributed by atoms with E-state index in [9.17, 15) is 0 Å². The van der Waals surface area contributed by atoms with Gasteiger partial charge in [0.2, 0.25) is 0 Å². The molecule has 0 amide bonds. The van der Waals surface area contributed by atoms with Crippen LogP contribution >= 0.6 is 12.2 Å². The maximum atomic E-state index is 5.86. The third-order valence-corrected chi connectivity index (χ3v) is 5.58. The van der Waals surface area contributed by atoms with Crippen molar-refractivity contribution in [2.45, 2.75) is 84.0 Å². The van der Waals surface area contributed by atoms with Crippen molar-refractivity contribution in [3.05, 3.63) is 48.6 Å². The lowest BCUT2D eigenvalue weighted by molar-refractivity contribution is 0.278. The summed E-state index contributed by atoms with van der Waals surface area (Å²) < 4.78 is 5.86. The Morgan fingerprint density at radius 2 is 1.50 bits per heavy atom. The van der Waals surface area contributed by atoms with Crippen molar-refractivity contribution in [1.29, 1.82) is 0 Å². The molecular formula is C24H38OS. The lowest BCUT2D eigenvalue weighted by atomic mass is 9.88. The van der Waals surface area contributed by atoms with E-state index in [0.29, 0.717) is 0 Å². The van der Waals surface area contributed by atoms with Crippen LogP contribution in [-0.4, -0.2) is 11.7 Å². The van der Waals surface area contributed by atoms with Gasteiger partial charge in [0, 0.05) is 11.8 Å². The molecule has 1 rings (SSSR count). The Kier molecular flexibility index (Phi) is 13.2. The number of hydrogen-bond donors (Lipinski definition) is 0. The Labute approximate surface area is 167 Å². The van der Waals surface area contributed by atoms with Gasteiger partial charge >= 0.3 is 0 Å². The van der Waals surface area contributed by atoms with Crippen LogP contribution in [0.1, 0.15) is 89.5 Å². The van der Waals surface area contributed by atoms with Crippen LogP contribution in [0, 0.1) is 5.92 Å². The summed E-state index contributed by atoms with van der Waals surface area (Å²) in [6, 6.07) is 10.4. The largest absolute Gasteiger partial charge is 0.487 e. The van der Waals surface area contributed by atoms with Gasteiger partial charge in [-0.05, 0) is 24.2 Å². The van der Waals surface area contributed by atoms with Gasteiger partial charge in [-0.2, -0.15) is 0 Å². The first kappa shape index (κ1) is 22.9. The Morgan fingerprint density at radius 1 is 0.962 bits per heavy atom. The second-order valence-corrected chi connectivity index (χ2v) is 7.71. The van der Waals surface area contributed by atoms with Crippen molar-refractivity contribution < 1.29 is 4.74 Å².